The zero-order valence-corrected chi connectivity index (χ0v) is 13.0. The fourth-order valence-electron chi connectivity index (χ4n) is 2.82. The quantitative estimate of drug-likeness (QED) is 0.931. The number of rotatable bonds is 4. The summed E-state index contributed by atoms with van der Waals surface area (Å²) in [6, 6.07) is 0.480. The Hall–Kier alpha value is -1.69. The molecule has 6 nitrogen and oxygen atoms in total. The molecule has 114 valence electrons. The third-order valence-electron chi connectivity index (χ3n) is 4.11. The molecule has 1 aliphatic rings. The Morgan fingerprint density at radius 1 is 1.33 bits per heavy atom. The number of aromatic nitrogens is 4. The summed E-state index contributed by atoms with van der Waals surface area (Å²) in [5.74, 6) is 0.897. The molecule has 0 aromatic carbocycles. The van der Waals surface area contributed by atoms with Gasteiger partial charge < -0.3 is 10.0 Å². The molecule has 1 aliphatic carbocycles. The summed E-state index contributed by atoms with van der Waals surface area (Å²) in [6.07, 6.45) is 7.03. The lowest BCUT2D eigenvalue weighted by Gasteiger charge is -2.38. The lowest BCUT2D eigenvalue weighted by Crippen LogP contribution is -2.42. The van der Waals surface area contributed by atoms with Crippen LogP contribution in [0.15, 0.2) is 12.5 Å². The van der Waals surface area contributed by atoms with E-state index in [4.69, 9.17) is 0 Å². The summed E-state index contributed by atoms with van der Waals surface area (Å²) < 4.78 is 1.94. The van der Waals surface area contributed by atoms with Gasteiger partial charge in [0, 0.05) is 12.6 Å². The molecule has 21 heavy (non-hydrogen) atoms. The monoisotopic (exact) mass is 289 g/mol. The van der Waals surface area contributed by atoms with E-state index in [-0.39, 0.29) is 12.1 Å². The van der Waals surface area contributed by atoms with Crippen LogP contribution >= 0.6 is 0 Å². The predicted octanol–water partition coefficient (Wildman–Crippen LogP) is 1.93. The average Bonchev–Trinajstić information content (AvgIpc) is 2.79. The second-order valence-corrected chi connectivity index (χ2v) is 6.66. The average molecular weight is 289 g/mol. The highest BCUT2D eigenvalue weighted by Gasteiger charge is 2.28. The largest absolute Gasteiger partial charge is 0.395 e. The minimum atomic E-state index is -0.119. The molecule has 0 spiro atoms. The highest BCUT2D eigenvalue weighted by atomic mass is 16.3. The fourth-order valence-corrected chi connectivity index (χ4v) is 2.82. The molecule has 0 unspecified atom stereocenters. The highest BCUT2D eigenvalue weighted by Crippen LogP contribution is 2.32. The SMILES string of the molecule is CC(C)(C)n1ncc2c(N(CCO)C3CCC3)ncnc21. The van der Waals surface area contributed by atoms with Crippen LogP contribution in [0.5, 0.6) is 0 Å². The number of hydrogen-bond donors (Lipinski definition) is 1. The zero-order chi connectivity index (χ0) is 15.0. The van der Waals surface area contributed by atoms with Gasteiger partial charge in [0.15, 0.2) is 5.65 Å². The molecule has 2 heterocycles. The molecule has 0 atom stereocenters. The van der Waals surface area contributed by atoms with Crippen molar-refractivity contribution in [3.8, 4) is 0 Å². The lowest BCUT2D eigenvalue weighted by molar-refractivity contribution is 0.283. The van der Waals surface area contributed by atoms with Gasteiger partial charge in [0.25, 0.3) is 0 Å². The first-order chi connectivity index (χ1) is 10.0. The van der Waals surface area contributed by atoms with Gasteiger partial charge in [-0.15, -0.1) is 0 Å². The Kier molecular flexibility index (Phi) is 3.57. The van der Waals surface area contributed by atoms with E-state index in [0.29, 0.717) is 12.6 Å². The molecule has 0 saturated heterocycles. The second kappa shape index (κ2) is 5.26. The third kappa shape index (κ3) is 2.48. The first-order valence-electron chi connectivity index (χ1n) is 7.59. The maximum atomic E-state index is 9.37. The van der Waals surface area contributed by atoms with Gasteiger partial charge in [-0.05, 0) is 40.0 Å². The highest BCUT2D eigenvalue weighted by molar-refractivity contribution is 5.87. The van der Waals surface area contributed by atoms with E-state index in [2.05, 4.69) is 40.7 Å². The Bertz CT molecular complexity index is 627. The van der Waals surface area contributed by atoms with Crippen LogP contribution in [-0.4, -0.2) is 44.0 Å². The first kappa shape index (κ1) is 14.3. The fraction of sp³-hybridized carbons (Fsp3) is 0.667. The molecular weight excluding hydrogens is 266 g/mol. The molecule has 2 aromatic rings. The van der Waals surface area contributed by atoms with E-state index in [1.807, 2.05) is 10.9 Å². The lowest BCUT2D eigenvalue weighted by atomic mass is 9.91. The minimum Gasteiger partial charge on any atom is -0.395 e. The third-order valence-corrected chi connectivity index (χ3v) is 4.11. The number of aliphatic hydroxyl groups is 1. The second-order valence-electron chi connectivity index (χ2n) is 6.66. The van der Waals surface area contributed by atoms with Crippen molar-refractivity contribution in [2.45, 2.75) is 51.6 Å². The van der Waals surface area contributed by atoms with Crippen LogP contribution in [0.3, 0.4) is 0 Å². The van der Waals surface area contributed by atoms with Crippen molar-refractivity contribution in [1.29, 1.82) is 0 Å². The number of hydrogen-bond acceptors (Lipinski definition) is 5. The Balaban J connectivity index is 2.07. The summed E-state index contributed by atoms with van der Waals surface area (Å²) in [5, 5.41) is 14.8. The standard InChI is InChI=1S/C15H23N5O/c1-15(2,3)20-14-12(9-18-20)13(16-10-17-14)19(7-8-21)11-5-4-6-11/h9-11,21H,4-8H2,1-3H3. The van der Waals surface area contributed by atoms with Crippen molar-refractivity contribution in [3.63, 3.8) is 0 Å². The Morgan fingerprint density at radius 2 is 2.10 bits per heavy atom. The van der Waals surface area contributed by atoms with Crippen molar-refractivity contribution < 1.29 is 5.11 Å². The van der Waals surface area contributed by atoms with Crippen LogP contribution < -0.4 is 4.90 Å². The minimum absolute atomic E-state index is 0.119. The maximum absolute atomic E-state index is 9.37. The van der Waals surface area contributed by atoms with Crippen molar-refractivity contribution in [2.24, 2.45) is 0 Å². The van der Waals surface area contributed by atoms with Crippen molar-refractivity contribution in [1.82, 2.24) is 19.7 Å². The van der Waals surface area contributed by atoms with Gasteiger partial charge in [0.05, 0.1) is 23.7 Å². The summed E-state index contributed by atoms with van der Waals surface area (Å²) in [4.78, 5) is 11.1. The summed E-state index contributed by atoms with van der Waals surface area (Å²) in [7, 11) is 0. The van der Waals surface area contributed by atoms with Crippen LogP contribution in [0.25, 0.3) is 11.0 Å². The van der Waals surface area contributed by atoms with Crippen LogP contribution in [0.4, 0.5) is 5.82 Å². The van der Waals surface area contributed by atoms with Crippen LogP contribution in [0.1, 0.15) is 40.0 Å². The van der Waals surface area contributed by atoms with Crippen LogP contribution in [-0.2, 0) is 5.54 Å². The molecule has 0 aliphatic heterocycles. The molecule has 3 rings (SSSR count). The van der Waals surface area contributed by atoms with Crippen LogP contribution in [0, 0.1) is 0 Å². The zero-order valence-electron chi connectivity index (χ0n) is 13.0. The van der Waals surface area contributed by atoms with Crippen molar-refractivity contribution in [2.75, 3.05) is 18.1 Å². The summed E-state index contributed by atoms with van der Waals surface area (Å²) in [5.41, 5.74) is 0.737. The predicted molar refractivity (Wildman–Crippen MR) is 82.4 cm³/mol. The van der Waals surface area contributed by atoms with E-state index in [1.54, 1.807) is 6.33 Å². The smallest absolute Gasteiger partial charge is 0.163 e. The molecule has 0 bridgehead atoms. The van der Waals surface area contributed by atoms with Gasteiger partial charge in [-0.25, -0.2) is 14.6 Å². The molecule has 6 heteroatoms. The normalized spacial score (nSPS) is 16.2. The molecule has 0 radical (unpaired) electrons. The van der Waals surface area contributed by atoms with E-state index in [0.717, 1.165) is 16.9 Å². The summed E-state index contributed by atoms with van der Waals surface area (Å²) in [6.45, 7) is 7.07. The molecular formula is C15H23N5O. The molecule has 0 amide bonds. The topological polar surface area (TPSA) is 67.1 Å². The van der Waals surface area contributed by atoms with Crippen molar-refractivity contribution >= 4 is 16.9 Å². The van der Waals surface area contributed by atoms with E-state index >= 15 is 0 Å². The van der Waals surface area contributed by atoms with Gasteiger partial charge in [-0.3, -0.25) is 0 Å². The van der Waals surface area contributed by atoms with Gasteiger partial charge >= 0.3 is 0 Å². The van der Waals surface area contributed by atoms with E-state index in [1.165, 1.54) is 19.3 Å². The summed E-state index contributed by atoms with van der Waals surface area (Å²) >= 11 is 0. The van der Waals surface area contributed by atoms with Gasteiger partial charge in [-0.2, -0.15) is 5.10 Å². The maximum Gasteiger partial charge on any atom is 0.163 e. The molecule has 1 fully saturated rings. The van der Waals surface area contributed by atoms with Gasteiger partial charge in [-0.1, -0.05) is 0 Å². The number of nitrogens with zero attached hydrogens (tertiary/aromatic N) is 5. The number of fused-ring (bicyclic) bond motifs is 1. The van der Waals surface area contributed by atoms with E-state index < -0.39 is 0 Å². The number of aliphatic hydroxyl groups excluding tert-OH is 1. The van der Waals surface area contributed by atoms with Gasteiger partial charge in [0.2, 0.25) is 0 Å². The van der Waals surface area contributed by atoms with Crippen molar-refractivity contribution in [3.05, 3.63) is 12.5 Å². The first-order valence-corrected chi connectivity index (χ1v) is 7.59. The van der Waals surface area contributed by atoms with Gasteiger partial charge in [0.1, 0.15) is 12.1 Å². The molecule has 1 N–H and O–H groups in total. The number of anilines is 1. The molecule has 2 aromatic heterocycles. The van der Waals surface area contributed by atoms with E-state index in [9.17, 15) is 5.11 Å². The molecule has 1 saturated carbocycles. The Labute approximate surface area is 124 Å². The van der Waals surface area contributed by atoms with Crippen LogP contribution in [0.2, 0.25) is 0 Å². The Morgan fingerprint density at radius 3 is 2.67 bits per heavy atom.